The van der Waals surface area contributed by atoms with E-state index in [0.717, 1.165) is 34.6 Å². The summed E-state index contributed by atoms with van der Waals surface area (Å²) in [6, 6.07) is 8.17. The number of rotatable bonds is 5. The number of carbonyl (C=O) groups excluding carboxylic acids is 4. The maximum Gasteiger partial charge on any atom is 0.334 e. The number of nitrogens with zero attached hydrogens (tertiary/aromatic N) is 2. The maximum absolute atomic E-state index is 12.7. The van der Waals surface area contributed by atoms with Crippen LogP contribution in [0.15, 0.2) is 30.3 Å². The van der Waals surface area contributed by atoms with Crippen LogP contribution in [0.2, 0.25) is 0 Å². The minimum Gasteiger partial charge on any atom is -0.348 e. The fourth-order valence-electron chi connectivity index (χ4n) is 3.89. The van der Waals surface area contributed by atoms with Gasteiger partial charge in [-0.1, -0.05) is 50.1 Å². The van der Waals surface area contributed by atoms with Gasteiger partial charge in [0.25, 0.3) is 0 Å². The van der Waals surface area contributed by atoms with E-state index in [2.05, 4.69) is 5.32 Å². The highest BCUT2D eigenvalue weighted by Gasteiger charge is 2.49. The van der Waals surface area contributed by atoms with Crippen molar-refractivity contribution in [1.29, 1.82) is 0 Å². The third-order valence-corrected chi connectivity index (χ3v) is 5.46. The lowest BCUT2D eigenvalue weighted by Crippen LogP contribution is -2.47. The first-order chi connectivity index (χ1) is 12.9. The molecular weight excluding hydrogens is 346 g/mol. The van der Waals surface area contributed by atoms with Gasteiger partial charge in [-0.2, -0.15) is 0 Å². The van der Waals surface area contributed by atoms with Crippen LogP contribution >= 0.6 is 0 Å². The number of urea groups is 1. The summed E-state index contributed by atoms with van der Waals surface area (Å²) in [5, 5.41) is 2.77. The average molecular weight is 371 g/mol. The van der Waals surface area contributed by atoms with E-state index in [1.807, 2.05) is 44.2 Å². The maximum atomic E-state index is 12.7. The van der Waals surface area contributed by atoms with Gasteiger partial charge in [-0.15, -0.1) is 0 Å². The summed E-state index contributed by atoms with van der Waals surface area (Å²) in [6.45, 7) is 3.37. The Balaban J connectivity index is 1.66. The standard InChI is InChI=1S/C20H25N3O4/c1-13-8-6-7-11-16(13)23-19(26)18(25)22(20(23)27)12-17(24)21-14(2)15-9-4-3-5-10-15/h3-5,9-10,13-14,16H,6-8,11-12H2,1-2H3,(H,21,24)/t13-,14-,16-/m0/s1. The van der Waals surface area contributed by atoms with Crippen LogP contribution in [0.4, 0.5) is 4.79 Å². The van der Waals surface area contributed by atoms with Crippen LogP contribution in [0, 0.1) is 5.92 Å². The Morgan fingerprint density at radius 2 is 1.78 bits per heavy atom. The monoisotopic (exact) mass is 371 g/mol. The van der Waals surface area contributed by atoms with Crippen molar-refractivity contribution < 1.29 is 19.2 Å². The SMILES string of the molecule is C[C@H](NC(=O)CN1C(=O)C(=O)N([C@H]2CCCC[C@@H]2C)C1=O)c1ccccc1. The molecule has 1 heterocycles. The van der Waals surface area contributed by atoms with E-state index in [1.165, 1.54) is 0 Å². The smallest absolute Gasteiger partial charge is 0.334 e. The lowest BCUT2D eigenvalue weighted by molar-refractivity contribution is -0.145. The van der Waals surface area contributed by atoms with Crippen LogP contribution in [0.3, 0.4) is 0 Å². The van der Waals surface area contributed by atoms with E-state index in [-0.39, 0.29) is 18.0 Å². The second kappa shape index (κ2) is 7.90. The van der Waals surface area contributed by atoms with Crippen LogP contribution in [0.1, 0.15) is 51.1 Å². The van der Waals surface area contributed by atoms with Crippen LogP contribution in [-0.4, -0.2) is 46.1 Å². The van der Waals surface area contributed by atoms with E-state index in [4.69, 9.17) is 0 Å². The zero-order valence-electron chi connectivity index (χ0n) is 15.7. The lowest BCUT2D eigenvalue weighted by Gasteiger charge is -2.34. The second-order valence-corrected chi connectivity index (χ2v) is 7.38. The summed E-state index contributed by atoms with van der Waals surface area (Å²) in [6.07, 6.45) is 3.61. The average Bonchev–Trinajstić information content (AvgIpc) is 2.86. The number of imide groups is 2. The van der Waals surface area contributed by atoms with Crippen molar-refractivity contribution >= 4 is 23.8 Å². The Bertz CT molecular complexity index is 749. The zero-order valence-corrected chi connectivity index (χ0v) is 15.7. The van der Waals surface area contributed by atoms with Crippen LogP contribution < -0.4 is 5.32 Å². The molecule has 1 saturated heterocycles. The summed E-state index contributed by atoms with van der Waals surface area (Å²) in [5.41, 5.74) is 0.915. The summed E-state index contributed by atoms with van der Waals surface area (Å²) in [7, 11) is 0. The van der Waals surface area contributed by atoms with Gasteiger partial charge >= 0.3 is 17.8 Å². The lowest BCUT2D eigenvalue weighted by atomic mass is 9.85. The number of carbonyl (C=O) groups is 4. The fraction of sp³-hybridized carbons (Fsp3) is 0.500. The molecule has 0 bridgehead atoms. The normalized spacial score (nSPS) is 24.3. The molecule has 1 aliphatic heterocycles. The quantitative estimate of drug-likeness (QED) is 0.635. The number of hydrogen-bond acceptors (Lipinski definition) is 4. The Labute approximate surface area is 158 Å². The molecule has 1 saturated carbocycles. The van der Waals surface area contributed by atoms with Crippen molar-refractivity contribution in [3.63, 3.8) is 0 Å². The Morgan fingerprint density at radius 1 is 1.11 bits per heavy atom. The minimum atomic E-state index is -0.916. The molecule has 27 heavy (non-hydrogen) atoms. The molecule has 1 aromatic carbocycles. The molecule has 1 N–H and O–H groups in total. The number of amides is 5. The Kier molecular flexibility index (Phi) is 5.58. The molecule has 144 valence electrons. The van der Waals surface area contributed by atoms with Crippen LogP contribution in [-0.2, 0) is 14.4 Å². The van der Waals surface area contributed by atoms with E-state index in [9.17, 15) is 19.2 Å². The molecule has 1 aliphatic carbocycles. The Morgan fingerprint density at radius 3 is 2.44 bits per heavy atom. The molecular formula is C20H25N3O4. The van der Waals surface area contributed by atoms with Gasteiger partial charge in [0.15, 0.2) is 0 Å². The first-order valence-corrected chi connectivity index (χ1v) is 9.43. The largest absolute Gasteiger partial charge is 0.348 e. The highest BCUT2D eigenvalue weighted by Crippen LogP contribution is 2.31. The van der Waals surface area contributed by atoms with Gasteiger partial charge in [-0.25, -0.2) is 9.69 Å². The van der Waals surface area contributed by atoms with Gasteiger partial charge in [0.1, 0.15) is 6.54 Å². The van der Waals surface area contributed by atoms with Gasteiger partial charge in [0, 0.05) is 6.04 Å². The number of nitrogens with one attached hydrogen (secondary N) is 1. The van der Waals surface area contributed by atoms with Gasteiger partial charge < -0.3 is 5.32 Å². The summed E-state index contributed by atoms with van der Waals surface area (Å²) in [4.78, 5) is 51.5. The topological polar surface area (TPSA) is 86.8 Å². The van der Waals surface area contributed by atoms with Crippen molar-refractivity contribution in [2.75, 3.05) is 6.54 Å². The summed E-state index contributed by atoms with van der Waals surface area (Å²) in [5.74, 6) is -2.05. The third kappa shape index (κ3) is 3.86. The fourth-order valence-corrected chi connectivity index (χ4v) is 3.89. The number of hydrogen-bond donors (Lipinski definition) is 1. The van der Waals surface area contributed by atoms with Crippen molar-refractivity contribution in [1.82, 2.24) is 15.1 Å². The predicted molar refractivity (Wildman–Crippen MR) is 98.4 cm³/mol. The third-order valence-electron chi connectivity index (χ3n) is 5.46. The second-order valence-electron chi connectivity index (χ2n) is 7.38. The zero-order chi connectivity index (χ0) is 19.6. The molecule has 0 unspecified atom stereocenters. The molecule has 3 atom stereocenters. The molecule has 1 aromatic rings. The van der Waals surface area contributed by atoms with E-state index < -0.39 is 30.3 Å². The minimum absolute atomic E-state index is 0.159. The van der Waals surface area contributed by atoms with Crippen molar-refractivity contribution in [3.05, 3.63) is 35.9 Å². The molecule has 7 nitrogen and oxygen atoms in total. The van der Waals surface area contributed by atoms with E-state index in [0.29, 0.717) is 6.42 Å². The van der Waals surface area contributed by atoms with Gasteiger partial charge in [-0.05, 0) is 31.2 Å². The predicted octanol–water partition coefficient (Wildman–Crippen LogP) is 2.23. The molecule has 2 fully saturated rings. The highest BCUT2D eigenvalue weighted by molar-refractivity contribution is 6.45. The molecule has 0 radical (unpaired) electrons. The van der Waals surface area contributed by atoms with Crippen LogP contribution in [0.5, 0.6) is 0 Å². The Hall–Kier alpha value is -2.70. The van der Waals surface area contributed by atoms with E-state index >= 15 is 0 Å². The highest BCUT2D eigenvalue weighted by atomic mass is 16.2. The molecule has 2 aliphatic rings. The first kappa shape index (κ1) is 19.1. The van der Waals surface area contributed by atoms with Crippen LogP contribution in [0.25, 0.3) is 0 Å². The van der Waals surface area contributed by atoms with Gasteiger partial charge in [0.05, 0.1) is 6.04 Å². The van der Waals surface area contributed by atoms with Gasteiger partial charge in [-0.3, -0.25) is 19.3 Å². The molecule has 0 aromatic heterocycles. The van der Waals surface area contributed by atoms with E-state index in [1.54, 1.807) is 0 Å². The summed E-state index contributed by atoms with van der Waals surface area (Å²) < 4.78 is 0. The first-order valence-electron chi connectivity index (χ1n) is 9.43. The molecule has 7 heteroatoms. The van der Waals surface area contributed by atoms with Gasteiger partial charge in [0.2, 0.25) is 5.91 Å². The summed E-state index contributed by atoms with van der Waals surface area (Å²) >= 11 is 0. The molecule has 0 spiro atoms. The number of benzene rings is 1. The molecule has 3 rings (SSSR count). The van der Waals surface area contributed by atoms with Crippen molar-refractivity contribution in [3.8, 4) is 0 Å². The van der Waals surface area contributed by atoms with Crippen molar-refractivity contribution in [2.24, 2.45) is 5.92 Å². The van der Waals surface area contributed by atoms with Crippen molar-refractivity contribution in [2.45, 2.75) is 51.6 Å². The molecule has 5 amide bonds.